The molecule has 150 valence electrons. The molecule has 28 heavy (non-hydrogen) atoms. The average Bonchev–Trinajstić information content (AvgIpc) is 2.63. The van der Waals surface area contributed by atoms with E-state index in [4.69, 9.17) is 0 Å². The van der Waals surface area contributed by atoms with Crippen molar-refractivity contribution in [1.82, 2.24) is 15.1 Å². The highest BCUT2D eigenvalue weighted by atomic mass is 79.9. The summed E-state index contributed by atoms with van der Waals surface area (Å²) in [5.41, 5.74) is 3.05. The van der Waals surface area contributed by atoms with Crippen LogP contribution in [0.4, 0.5) is 5.69 Å². The number of hydrogen-bond acceptors (Lipinski definition) is 3. The Hall–Kier alpha value is -2.38. The molecule has 0 fully saturated rings. The van der Waals surface area contributed by atoms with Gasteiger partial charge in [-0.1, -0.05) is 46.3 Å². The van der Waals surface area contributed by atoms with Crippen LogP contribution in [0.2, 0.25) is 0 Å². The van der Waals surface area contributed by atoms with Crippen molar-refractivity contribution in [1.29, 1.82) is 0 Å². The summed E-state index contributed by atoms with van der Waals surface area (Å²) >= 11 is 3.59. The minimum absolute atomic E-state index is 0.0286. The molecule has 0 saturated heterocycles. The van der Waals surface area contributed by atoms with Crippen molar-refractivity contribution in [2.24, 2.45) is 4.99 Å². The van der Waals surface area contributed by atoms with Crippen LogP contribution in [0.25, 0.3) is 0 Å². The van der Waals surface area contributed by atoms with E-state index < -0.39 is 0 Å². The molecule has 6 nitrogen and oxygen atoms in total. The van der Waals surface area contributed by atoms with Crippen molar-refractivity contribution < 1.29 is 4.79 Å². The first-order chi connectivity index (χ1) is 13.4. The number of guanidine groups is 1. The molecule has 0 heterocycles. The van der Waals surface area contributed by atoms with Crippen LogP contribution < -0.4 is 10.6 Å². The number of nitrogens with one attached hydrogen (secondary N) is 2. The van der Waals surface area contributed by atoms with Gasteiger partial charge in [-0.15, -0.1) is 0 Å². The monoisotopic (exact) mass is 445 g/mol. The molecule has 0 aromatic heterocycles. The molecule has 0 unspecified atom stereocenters. The Morgan fingerprint density at radius 2 is 1.86 bits per heavy atom. The fourth-order valence-corrected chi connectivity index (χ4v) is 3.18. The fourth-order valence-electron chi connectivity index (χ4n) is 2.77. The largest absolute Gasteiger partial charge is 0.352 e. The minimum atomic E-state index is -0.0286. The molecule has 0 spiro atoms. The zero-order valence-electron chi connectivity index (χ0n) is 16.9. The maximum atomic E-state index is 11.9. The van der Waals surface area contributed by atoms with Gasteiger partial charge in [0.15, 0.2) is 5.96 Å². The van der Waals surface area contributed by atoms with Crippen molar-refractivity contribution in [3.63, 3.8) is 0 Å². The summed E-state index contributed by atoms with van der Waals surface area (Å²) in [5, 5.41) is 6.30. The van der Waals surface area contributed by atoms with Gasteiger partial charge in [-0.05, 0) is 43.4 Å². The lowest BCUT2D eigenvalue weighted by Crippen LogP contribution is -2.38. The number of rotatable bonds is 7. The molecule has 7 heteroatoms. The molecule has 0 aliphatic carbocycles. The smallest absolute Gasteiger partial charge is 0.238 e. The Morgan fingerprint density at radius 3 is 2.54 bits per heavy atom. The van der Waals surface area contributed by atoms with Gasteiger partial charge in [-0.2, -0.15) is 0 Å². The second-order valence-electron chi connectivity index (χ2n) is 6.83. The van der Waals surface area contributed by atoms with E-state index in [2.05, 4.69) is 42.5 Å². The SMILES string of the molecule is CN=C(NCc1cccc(NC(=O)CN(C)C)c1)N(C)Cc1ccccc1Br. The van der Waals surface area contributed by atoms with E-state index in [1.807, 2.05) is 68.5 Å². The Kier molecular flexibility index (Phi) is 8.47. The van der Waals surface area contributed by atoms with Gasteiger partial charge in [0.25, 0.3) is 0 Å². The third-order valence-electron chi connectivity index (χ3n) is 4.06. The normalized spacial score (nSPS) is 11.4. The Balaban J connectivity index is 1.95. The lowest BCUT2D eigenvalue weighted by molar-refractivity contribution is -0.116. The van der Waals surface area contributed by atoms with Gasteiger partial charge in [0.1, 0.15) is 0 Å². The highest BCUT2D eigenvalue weighted by molar-refractivity contribution is 9.10. The van der Waals surface area contributed by atoms with Crippen LogP contribution >= 0.6 is 15.9 Å². The van der Waals surface area contributed by atoms with E-state index in [0.29, 0.717) is 13.1 Å². The number of benzene rings is 2. The van der Waals surface area contributed by atoms with Crippen LogP contribution in [0.3, 0.4) is 0 Å². The third-order valence-corrected chi connectivity index (χ3v) is 4.83. The maximum absolute atomic E-state index is 11.9. The van der Waals surface area contributed by atoms with Crippen LogP contribution in [-0.4, -0.2) is 56.4 Å². The molecule has 1 amide bonds. The Labute approximate surface area is 175 Å². The second kappa shape index (κ2) is 10.8. The zero-order chi connectivity index (χ0) is 20.5. The molecule has 2 rings (SSSR count). The van der Waals surface area contributed by atoms with E-state index in [0.717, 1.165) is 28.2 Å². The van der Waals surface area contributed by atoms with Crippen molar-refractivity contribution in [2.45, 2.75) is 13.1 Å². The second-order valence-corrected chi connectivity index (χ2v) is 7.69. The van der Waals surface area contributed by atoms with Crippen molar-refractivity contribution in [3.8, 4) is 0 Å². The van der Waals surface area contributed by atoms with Gasteiger partial charge in [-0.25, -0.2) is 0 Å². The first-order valence-corrected chi connectivity index (χ1v) is 9.87. The number of amides is 1. The molecular weight excluding hydrogens is 418 g/mol. The lowest BCUT2D eigenvalue weighted by atomic mass is 10.2. The predicted molar refractivity (Wildman–Crippen MR) is 119 cm³/mol. The number of carbonyl (C=O) groups excluding carboxylic acids is 1. The van der Waals surface area contributed by atoms with Gasteiger partial charge in [0.2, 0.25) is 5.91 Å². The standard InChI is InChI=1S/C21H28BrN5O/c1-23-21(27(4)14-17-9-5-6-11-19(17)22)24-13-16-8-7-10-18(12-16)25-20(28)15-26(2)3/h5-12H,13-15H2,1-4H3,(H,23,24)(H,25,28). The topological polar surface area (TPSA) is 60.0 Å². The summed E-state index contributed by atoms with van der Waals surface area (Å²) in [5.74, 6) is 0.775. The highest BCUT2D eigenvalue weighted by Gasteiger charge is 2.09. The number of aliphatic imine (C=N–C) groups is 1. The van der Waals surface area contributed by atoms with E-state index in [9.17, 15) is 4.79 Å². The number of likely N-dealkylation sites (N-methyl/N-ethyl adjacent to an activating group) is 1. The molecule has 2 N–H and O–H groups in total. The zero-order valence-corrected chi connectivity index (χ0v) is 18.5. The average molecular weight is 446 g/mol. The van der Waals surface area contributed by atoms with Gasteiger partial charge >= 0.3 is 0 Å². The molecule has 2 aromatic carbocycles. The van der Waals surface area contributed by atoms with Gasteiger partial charge in [-0.3, -0.25) is 9.79 Å². The summed E-state index contributed by atoms with van der Waals surface area (Å²) in [4.78, 5) is 20.2. The number of hydrogen-bond donors (Lipinski definition) is 2. The Morgan fingerprint density at radius 1 is 1.11 bits per heavy atom. The maximum Gasteiger partial charge on any atom is 0.238 e. The summed E-state index contributed by atoms with van der Waals surface area (Å²) < 4.78 is 1.08. The van der Waals surface area contributed by atoms with E-state index >= 15 is 0 Å². The number of halogens is 1. The number of carbonyl (C=O) groups is 1. The minimum Gasteiger partial charge on any atom is -0.352 e. The first kappa shape index (κ1) is 21.9. The lowest BCUT2D eigenvalue weighted by Gasteiger charge is -2.23. The molecule has 0 saturated carbocycles. The van der Waals surface area contributed by atoms with Crippen LogP contribution in [0, 0.1) is 0 Å². The fraction of sp³-hybridized carbons (Fsp3) is 0.333. The number of nitrogens with zero attached hydrogens (tertiary/aromatic N) is 3. The summed E-state index contributed by atoms with van der Waals surface area (Å²) in [6.07, 6.45) is 0. The molecule has 0 bridgehead atoms. The van der Waals surface area contributed by atoms with E-state index in [1.165, 1.54) is 5.56 Å². The first-order valence-electron chi connectivity index (χ1n) is 9.07. The van der Waals surface area contributed by atoms with Gasteiger partial charge in [0, 0.05) is 37.3 Å². The molecule has 2 aromatic rings. The van der Waals surface area contributed by atoms with Crippen molar-refractivity contribution in [2.75, 3.05) is 40.1 Å². The highest BCUT2D eigenvalue weighted by Crippen LogP contribution is 2.17. The van der Waals surface area contributed by atoms with Gasteiger partial charge in [0.05, 0.1) is 6.54 Å². The molecule has 0 aliphatic heterocycles. The molecule has 0 radical (unpaired) electrons. The molecule has 0 aliphatic rings. The third kappa shape index (κ3) is 6.98. The van der Waals surface area contributed by atoms with Crippen molar-refractivity contribution in [3.05, 3.63) is 64.1 Å². The van der Waals surface area contributed by atoms with Crippen molar-refractivity contribution >= 4 is 33.5 Å². The molecule has 0 atom stereocenters. The van der Waals surface area contributed by atoms with Crippen LogP contribution in [0.5, 0.6) is 0 Å². The summed E-state index contributed by atoms with van der Waals surface area (Å²) in [7, 11) is 7.52. The summed E-state index contributed by atoms with van der Waals surface area (Å²) in [6.45, 7) is 1.71. The Bertz CT molecular complexity index is 822. The van der Waals surface area contributed by atoms with Crippen LogP contribution in [0.15, 0.2) is 58.0 Å². The van der Waals surface area contributed by atoms with Gasteiger partial charge < -0.3 is 20.4 Å². The number of anilines is 1. The van der Waals surface area contributed by atoms with Crippen LogP contribution in [-0.2, 0) is 17.9 Å². The summed E-state index contributed by atoms with van der Waals surface area (Å²) in [6, 6.07) is 16.0. The molecular formula is C21H28BrN5O. The van der Waals surface area contributed by atoms with E-state index in [-0.39, 0.29) is 5.91 Å². The predicted octanol–water partition coefficient (Wildman–Crippen LogP) is 3.16. The quantitative estimate of drug-likeness (QED) is 0.507. The van der Waals surface area contributed by atoms with Crippen LogP contribution in [0.1, 0.15) is 11.1 Å². The van der Waals surface area contributed by atoms with E-state index in [1.54, 1.807) is 7.05 Å².